The van der Waals surface area contributed by atoms with Crippen LogP contribution in [-0.2, 0) is 16.1 Å². The number of aromatic nitrogens is 3. The van der Waals surface area contributed by atoms with Crippen LogP contribution < -0.4 is 15.3 Å². The van der Waals surface area contributed by atoms with E-state index in [-0.39, 0.29) is 18.3 Å². The summed E-state index contributed by atoms with van der Waals surface area (Å²) in [5.41, 5.74) is 0.571. The van der Waals surface area contributed by atoms with E-state index in [0.29, 0.717) is 30.8 Å². The molecular formula is C21H22N4O4. The van der Waals surface area contributed by atoms with Gasteiger partial charge in [0.2, 0.25) is 5.69 Å². The van der Waals surface area contributed by atoms with Crippen LogP contribution in [0.15, 0.2) is 70.5 Å². The number of H-pyrrole nitrogens is 1. The fraction of sp³-hybridized carbons (Fsp3) is 0.238. The van der Waals surface area contributed by atoms with E-state index in [0.717, 1.165) is 0 Å². The molecule has 0 bridgehead atoms. The molecule has 1 aromatic heterocycles. The van der Waals surface area contributed by atoms with Crippen molar-refractivity contribution in [2.75, 3.05) is 6.61 Å². The van der Waals surface area contributed by atoms with Gasteiger partial charge in [0.05, 0.1) is 12.3 Å². The van der Waals surface area contributed by atoms with Crippen molar-refractivity contribution in [1.29, 1.82) is 0 Å². The van der Waals surface area contributed by atoms with Gasteiger partial charge >= 0.3 is 11.5 Å². The Kier molecular flexibility index (Phi) is 6.57. The largest absolute Gasteiger partial charge is 0.855 e. The molecular weight excluding hydrogens is 372 g/mol. The van der Waals surface area contributed by atoms with Gasteiger partial charge in [0.1, 0.15) is 6.54 Å². The van der Waals surface area contributed by atoms with Gasteiger partial charge in [0, 0.05) is 12.8 Å². The number of hydrogen-bond donors (Lipinski definition) is 1. The molecule has 1 N–H and O–H groups in total. The van der Waals surface area contributed by atoms with Crippen LogP contribution in [0.25, 0.3) is 5.69 Å². The van der Waals surface area contributed by atoms with E-state index in [2.05, 4.69) is 10.2 Å². The monoisotopic (exact) mass is 394 g/mol. The molecule has 0 radical (unpaired) electrons. The molecule has 8 nitrogen and oxygen atoms in total. The molecule has 0 amide bonds. The number of esters is 1. The molecule has 29 heavy (non-hydrogen) atoms. The lowest BCUT2D eigenvalue weighted by Gasteiger charge is -2.07. The number of aryl methyl sites for hydroxylation is 1. The van der Waals surface area contributed by atoms with E-state index >= 15 is 0 Å². The third kappa shape index (κ3) is 5.19. The van der Waals surface area contributed by atoms with Crippen molar-refractivity contribution in [3.05, 3.63) is 76.7 Å². The standard InChI is InChI=1S/C21H22N4O4/c1-16(26)29-15-9-8-14-24-19(20(27)22-17-10-4-2-5-11-17)21(28)25(23-24)18-12-6-3-7-13-18/h2-7,10-13H,8-9,14-15H2,1H3,(H-,22,23,27,28). The minimum absolute atomic E-state index is 0.0507. The van der Waals surface area contributed by atoms with Gasteiger partial charge in [-0.2, -0.15) is 4.68 Å². The molecule has 150 valence electrons. The van der Waals surface area contributed by atoms with Crippen LogP contribution in [-0.4, -0.2) is 28.4 Å². The number of unbranched alkanes of at least 4 members (excludes halogenated alkanes) is 1. The Morgan fingerprint density at radius 2 is 1.76 bits per heavy atom. The van der Waals surface area contributed by atoms with E-state index in [1.54, 1.807) is 36.4 Å². The number of hydrogen-bond acceptors (Lipinski definition) is 5. The topological polar surface area (TPSA) is 103 Å². The molecule has 0 unspecified atom stereocenters. The lowest BCUT2D eigenvalue weighted by Crippen LogP contribution is -2.46. The summed E-state index contributed by atoms with van der Waals surface area (Å²) in [5.74, 6) is -0.953. The molecule has 0 saturated carbocycles. The van der Waals surface area contributed by atoms with Gasteiger partial charge in [0.25, 0.3) is 0 Å². The molecule has 0 spiro atoms. The Morgan fingerprint density at radius 3 is 2.41 bits per heavy atom. The normalized spacial score (nSPS) is 11.4. The average molecular weight is 394 g/mol. The lowest BCUT2D eigenvalue weighted by molar-refractivity contribution is -0.757. The van der Waals surface area contributed by atoms with E-state index < -0.39 is 11.5 Å². The number of rotatable bonds is 8. The number of benzene rings is 2. The molecule has 1 heterocycles. The van der Waals surface area contributed by atoms with Crippen molar-refractivity contribution in [3.63, 3.8) is 0 Å². The van der Waals surface area contributed by atoms with Gasteiger partial charge in [-0.1, -0.05) is 46.3 Å². The van der Waals surface area contributed by atoms with Gasteiger partial charge in [-0.3, -0.25) is 9.79 Å². The predicted molar refractivity (Wildman–Crippen MR) is 105 cm³/mol. The van der Waals surface area contributed by atoms with E-state index in [1.807, 2.05) is 24.3 Å². The molecule has 3 aromatic rings. The van der Waals surface area contributed by atoms with Gasteiger partial charge in [-0.25, -0.2) is 4.79 Å². The Bertz CT molecular complexity index is 1040. The molecule has 0 atom stereocenters. The highest BCUT2D eigenvalue weighted by atomic mass is 16.5. The van der Waals surface area contributed by atoms with E-state index in [4.69, 9.17) is 4.74 Å². The molecule has 2 aromatic carbocycles. The zero-order chi connectivity index (χ0) is 20.6. The van der Waals surface area contributed by atoms with Crippen LogP contribution in [0.2, 0.25) is 0 Å². The SMILES string of the molecule is CC(=O)OCCCC[n+]1[nH]n(-c2ccccc2)c(=O)c1C([O-])=Nc1ccccc1. The first-order valence-electron chi connectivity index (χ1n) is 9.31. The molecule has 0 aliphatic rings. The van der Waals surface area contributed by atoms with Gasteiger partial charge in [0.15, 0.2) is 5.69 Å². The maximum atomic E-state index is 13.0. The van der Waals surface area contributed by atoms with Crippen molar-refractivity contribution < 1.29 is 19.3 Å². The van der Waals surface area contributed by atoms with Crippen LogP contribution in [0.4, 0.5) is 5.69 Å². The number of nitrogens with zero attached hydrogens (tertiary/aromatic N) is 3. The summed E-state index contributed by atoms with van der Waals surface area (Å²) in [6.45, 7) is 2.02. The maximum Gasteiger partial charge on any atom is 0.406 e. The number of para-hydroxylation sites is 2. The smallest absolute Gasteiger partial charge is 0.406 e. The van der Waals surface area contributed by atoms with Gasteiger partial charge in [-0.15, -0.1) is 0 Å². The number of carbonyl (C=O) groups excluding carboxylic acids is 1. The summed E-state index contributed by atoms with van der Waals surface area (Å²) in [4.78, 5) is 27.9. The third-order valence-corrected chi connectivity index (χ3v) is 4.18. The average Bonchev–Trinajstić information content (AvgIpc) is 3.05. The number of aromatic amines is 1. The quantitative estimate of drug-likeness (QED) is 0.204. The lowest BCUT2D eigenvalue weighted by atomic mass is 10.3. The number of aliphatic imine (C=N–C) groups is 1. The highest BCUT2D eigenvalue weighted by molar-refractivity contribution is 5.88. The first-order chi connectivity index (χ1) is 14.1. The van der Waals surface area contributed by atoms with E-state index in [9.17, 15) is 14.7 Å². The Morgan fingerprint density at radius 1 is 1.10 bits per heavy atom. The Hall–Kier alpha value is -3.68. The van der Waals surface area contributed by atoms with Crippen molar-refractivity contribution >= 4 is 17.6 Å². The summed E-state index contributed by atoms with van der Waals surface area (Å²) in [6, 6.07) is 17.8. The fourth-order valence-electron chi connectivity index (χ4n) is 2.82. The van der Waals surface area contributed by atoms with Crippen molar-refractivity contribution in [2.24, 2.45) is 4.99 Å². The molecule has 0 saturated heterocycles. The van der Waals surface area contributed by atoms with Crippen LogP contribution in [0, 0.1) is 0 Å². The summed E-state index contributed by atoms with van der Waals surface area (Å²) in [7, 11) is 0. The van der Waals surface area contributed by atoms with Crippen molar-refractivity contribution in [2.45, 2.75) is 26.3 Å². The summed E-state index contributed by atoms with van der Waals surface area (Å²) < 4.78 is 7.74. The zero-order valence-electron chi connectivity index (χ0n) is 16.1. The molecule has 0 fully saturated rings. The summed E-state index contributed by atoms with van der Waals surface area (Å²) >= 11 is 0. The maximum absolute atomic E-state index is 13.0. The third-order valence-electron chi connectivity index (χ3n) is 4.18. The minimum Gasteiger partial charge on any atom is -0.855 e. The summed E-state index contributed by atoms with van der Waals surface area (Å²) in [6.07, 6.45) is 1.22. The molecule has 3 rings (SSSR count). The van der Waals surface area contributed by atoms with Crippen molar-refractivity contribution in [3.8, 4) is 5.69 Å². The Labute approximate surface area is 167 Å². The van der Waals surface area contributed by atoms with E-state index in [1.165, 1.54) is 16.3 Å². The van der Waals surface area contributed by atoms with Crippen LogP contribution in [0.3, 0.4) is 0 Å². The van der Waals surface area contributed by atoms with Gasteiger partial charge in [-0.05, 0) is 37.1 Å². The van der Waals surface area contributed by atoms with Crippen LogP contribution >= 0.6 is 0 Å². The molecule has 0 aliphatic carbocycles. The van der Waals surface area contributed by atoms with Crippen LogP contribution in [0.1, 0.15) is 25.5 Å². The molecule has 0 aliphatic heterocycles. The highest BCUT2D eigenvalue weighted by Gasteiger charge is 2.23. The van der Waals surface area contributed by atoms with Crippen LogP contribution in [0.5, 0.6) is 0 Å². The highest BCUT2D eigenvalue weighted by Crippen LogP contribution is 2.10. The second-order valence-corrected chi connectivity index (χ2v) is 6.38. The first-order valence-corrected chi connectivity index (χ1v) is 9.31. The number of nitrogens with one attached hydrogen (secondary N) is 1. The van der Waals surface area contributed by atoms with Gasteiger partial charge < -0.3 is 9.84 Å². The van der Waals surface area contributed by atoms with Crippen molar-refractivity contribution in [1.82, 2.24) is 9.90 Å². The second kappa shape index (κ2) is 9.50. The number of carbonyl (C=O) groups is 1. The fourth-order valence-corrected chi connectivity index (χ4v) is 2.82. The second-order valence-electron chi connectivity index (χ2n) is 6.38. The minimum atomic E-state index is -0.618. The number of ether oxygens (including phenoxy) is 1. The zero-order valence-corrected chi connectivity index (χ0v) is 16.1. The predicted octanol–water partition coefficient (Wildman–Crippen LogP) is 1.23. The first kappa shape index (κ1) is 20.1. The summed E-state index contributed by atoms with van der Waals surface area (Å²) in [5, 5.41) is 15.8. The molecule has 8 heteroatoms. The Balaban J connectivity index is 1.91.